The Hall–Kier alpha value is -4.04. The molecule has 0 aliphatic rings. The number of para-hydroxylation sites is 2. The first-order valence-corrected chi connectivity index (χ1v) is 14.1. The number of methoxy groups -OCH3 is 2. The standard InChI is InChI=1S/C20H26O.C10H12O.C8H8/c1-4-17(14-16(2)18-10-6-5-7-11-18)15-19-12-8-9-13-20(19)21-3;1-3-6-9-7-4-5-8-10(9)11-2;1-2-8-6-4-3-5-7-8/h5-13,16-17H,4,14-15H2,1-3H3;3-5,7-8H,1,6H2,2H3;2-7H,1H2/t16-,17-;;/m1../s1. The van der Waals surface area contributed by atoms with Gasteiger partial charge >= 0.3 is 0 Å². The first-order chi connectivity index (χ1) is 19.6. The molecule has 210 valence electrons. The molecule has 0 saturated heterocycles. The SMILES string of the molecule is C=CCc1ccccc1OC.C=Cc1ccccc1.CC[C@@H](Cc1ccccc1OC)C[C@@H](C)c1ccccc1. The van der Waals surface area contributed by atoms with Gasteiger partial charge in [-0.3, -0.25) is 0 Å². The Morgan fingerprint density at radius 1 is 0.675 bits per heavy atom. The van der Waals surface area contributed by atoms with Crippen LogP contribution in [0.25, 0.3) is 6.08 Å². The first-order valence-electron chi connectivity index (χ1n) is 14.1. The molecular weight excluding hydrogens is 488 g/mol. The number of rotatable bonds is 11. The number of ether oxygens (including phenoxy) is 2. The summed E-state index contributed by atoms with van der Waals surface area (Å²) in [5, 5.41) is 0. The highest BCUT2D eigenvalue weighted by Crippen LogP contribution is 2.29. The molecule has 0 bridgehead atoms. The molecule has 4 rings (SSSR count). The van der Waals surface area contributed by atoms with Crippen molar-refractivity contribution in [1.82, 2.24) is 0 Å². The van der Waals surface area contributed by atoms with Gasteiger partial charge in [-0.15, -0.1) is 6.58 Å². The highest BCUT2D eigenvalue weighted by atomic mass is 16.5. The number of hydrogen-bond acceptors (Lipinski definition) is 2. The van der Waals surface area contributed by atoms with Crippen LogP contribution in [-0.2, 0) is 12.8 Å². The van der Waals surface area contributed by atoms with Gasteiger partial charge in [0.15, 0.2) is 0 Å². The molecule has 0 spiro atoms. The molecule has 0 aliphatic heterocycles. The van der Waals surface area contributed by atoms with Crippen molar-refractivity contribution in [2.45, 2.75) is 45.4 Å². The Kier molecular flexibility index (Phi) is 15.4. The topological polar surface area (TPSA) is 18.5 Å². The Labute approximate surface area is 243 Å². The van der Waals surface area contributed by atoms with Crippen LogP contribution in [0, 0.1) is 5.92 Å². The summed E-state index contributed by atoms with van der Waals surface area (Å²) in [6, 6.07) is 37.2. The van der Waals surface area contributed by atoms with Crippen LogP contribution in [0.1, 0.15) is 54.9 Å². The zero-order valence-electron chi connectivity index (χ0n) is 24.8. The number of allylic oxidation sites excluding steroid dienone is 1. The largest absolute Gasteiger partial charge is 0.496 e. The zero-order valence-corrected chi connectivity index (χ0v) is 24.8. The molecule has 0 radical (unpaired) electrons. The van der Waals surface area contributed by atoms with Crippen molar-refractivity contribution in [3.05, 3.63) is 151 Å². The molecule has 0 N–H and O–H groups in total. The lowest BCUT2D eigenvalue weighted by molar-refractivity contribution is 0.392. The van der Waals surface area contributed by atoms with Crippen LogP contribution >= 0.6 is 0 Å². The normalized spacial score (nSPS) is 11.4. The Morgan fingerprint density at radius 3 is 1.68 bits per heavy atom. The van der Waals surface area contributed by atoms with E-state index in [1.54, 1.807) is 14.2 Å². The van der Waals surface area contributed by atoms with E-state index in [2.05, 4.69) is 75.5 Å². The molecule has 2 heteroatoms. The van der Waals surface area contributed by atoms with E-state index >= 15 is 0 Å². The monoisotopic (exact) mass is 534 g/mol. The second-order valence-corrected chi connectivity index (χ2v) is 9.76. The summed E-state index contributed by atoms with van der Waals surface area (Å²) >= 11 is 0. The molecule has 40 heavy (non-hydrogen) atoms. The molecule has 0 unspecified atom stereocenters. The van der Waals surface area contributed by atoms with Gasteiger partial charge < -0.3 is 9.47 Å². The fourth-order valence-corrected chi connectivity index (χ4v) is 4.61. The van der Waals surface area contributed by atoms with E-state index in [1.165, 1.54) is 35.1 Å². The summed E-state index contributed by atoms with van der Waals surface area (Å²) in [5.41, 5.74) is 5.13. The molecule has 0 aromatic heterocycles. The Balaban J connectivity index is 0.000000244. The molecule has 2 atom stereocenters. The van der Waals surface area contributed by atoms with E-state index in [9.17, 15) is 0 Å². The lowest BCUT2D eigenvalue weighted by Crippen LogP contribution is -2.09. The van der Waals surface area contributed by atoms with Crippen LogP contribution in [0.3, 0.4) is 0 Å². The van der Waals surface area contributed by atoms with Gasteiger partial charge in [-0.05, 0) is 65.5 Å². The fourth-order valence-electron chi connectivity index (χ4n) is 4.61. The molecule has 0 aliphatic carbocycles. The average Bonchev–Trinajstić information content (AvgIpc) is 3.02. The van der Waals surface area contributed by atoms with Crippen LogP contribution in [0.2, 0.25) is 0 Å². The lowest BCUT2D eigenvalue weighted by Gasteiger charge is -2.21. The highest BCUT2D eigenvalue weighted by Gasteiger charge is 2.15. The summed E-state index contributed by atoms with van der Waals surface area (Å²) in [5.74, 6) is 3.25. The third-order valence-corrected chi connectivity index (χ3v) is 6.93. The summed E-state index contributed by atoms with van der Waals surface area (Å²) in [6.45, 7) is 11.9. The van der Waals surface area contributed by atoms with Crippen molar-refractivity contribution in [2.75, 3.05) is 14.2 Å². The van der Waals surface area contributed by atoms with Crippen LogP contribution in [0.15, 0.2) is 128 Å². The van der Waals surface area contributed by atoms with E-state index in [4.69, 9.17) is 9.47 Å². The first kappa shape index (κ1) is 32.2. The zero-order chi connectivity index (χ0) is 29.0. The molecule has 0 heterocycles. The smallest absolute Gasteiger partial charge is 0.122 e. The van der Waals surface area contributed by atoms with Gasteiger partial charge in [0.2, 0.25) is 0 Å². The van der Waals surface area contributed by atoms with E-state index in [0.29, 0.717) is 11.8 Å². The van der Waals surface area contributed by atoms with Crippen LogP contribution in [0.4, 0.5) is 0 Å². The van der Waals surface area contributed by atoms with Gasteiger partial charge in [0.1, 0.15) is 11.5 Å². The number of benzene rings is 4. The van der Waals surface area contributed by atoms with Crippen LogP contribution in [-0.4, -0.2) is 14.2 Å². The second kappa shape index (κ2) is 19.1. The predicted octanol–water partition coefficient (Wildman–Crippen LogP) is 10.2. The molecule has 2 nitrogen and oxygen atoms in total. The summed E-state index contributed by atoms with van der Waals surface area (Å²) < 4.78 is 10.6. The van der Waals surface area contributed by atoms with Crippen molar-refractivity contribution in [2.24, 2.45) is 5.92 Å². The van der Waals surface area contributed by atoms with Crippen LogP contribution < -0.4 is 9.47 Å². The molecular formula is C38H46O2. The summed E-state index contributed by atoms with van der Waals surface area (Å²) in [4.78, 5) is 0. The maximum atomic E-state index is 5.48. The van der Waals surface area contributed by atoms with Crippen LogP contribution in [0.5, 0.6) is 11.5 Å². The van der Waals surface area contributed by atoms with E-state index in [1.807, 2.05) is 72.8 Å². The van der Waals surface area contributed by atoms with E-state index in [-0.39, 0.29) is 0 Å². The maximum Gasteiger partial charge on any atom is 0.122 e. The Bertz CT molecular complexity index is 1230. The Morgan fingerprint density at radius 2 is 1.18 bits per heavy atom. The van der Waals surface area contributed by atoms with E-state index in [0.717, 1.165) is 24.3 Å². The van der Waals surface area contributed by atoms with Crippen molar-refractivity contribution in [3.63, 3.8) is 0 Å². The van der Waals surface area contributed by atoms with Gasteiger partial charge in [-0.2, -0.15) is 0 Å². The quantitative estimate of drug-likeness (QED) is 0.178. The minimum atomic E-state index is 0.603. The minimum absolute atomic E-state index is 0.603. The summed E-state index contributed by atoms with van der Waals surface area (Å²) in [6.07, 6.45) is 8.09. The van der Waals surface area contributed by atoms with Crippen molar-refractivity contribution >= 4 is 6.08 Å². The average molecular weight is 535 g/mol. The minimum Gasteiger partial charge on any atom is -0.496 e. The lowest BCUT2D eigenvalue weighted by atomic mass is 9.85. The third-order valence-electron chi connectivity index (χ3n) is 6.93. The molecule has 0 fully saturated rings. The van der Waals surface area contributed by atoms with Crippen molar-refractivity contribution < 1.29 is 9.47 Å². The maximum absolute atomic E-state index is 5.48. The fraction of sp³-hybridized carbons (Fsp3) is 0.263. The molecule has 0 saturated carbocycles. The van der Waals surface area contributed by atoms with Gasteiger partial charge in [0.25, 0.3) is 0 Å². The highest BCUT2D eigenvalue weighted by molar-refractivity contribution is 5.45. The van der Waals surface area contributed by atoms with Gasteiger partial charge in [0, 0.05) is 0 Å². The molecule has 4 aromatic carbocycles. The van der Waals surface area contributed by atoms with E-state index < -0.39 is 0 Å². The molecule has 0 amide bonds. The summed E-state index contributed by atoms with van der Waals surface area (Å²) in [7, 11) is 3.44. The van der Waals surface area contributed by atoms with Gasteiger partial charge in [0.05, 0.1) is 14.2 Å². The second-order valence-electron chi connectivity index (χ2n) is 9.76. The molecule has 4 aromatic rings. The van der Waals surface area contributed by atoms with Gasteiger partial charge in [-0.25, -0.2) is 0 Å². The third kappa shape index (κ3) is 11.4. The van der Waals surface area contributed by atoms with Gasteiger partial charge in [-0.1, -0.05) is 136 Å². The van der Waals surface area contributed by atoms with Crippen molar-refractivity contribution in [1.29, 1.82) is 0 Å². The predicted molar refractivity (Wildman–Crippen MR) is 173 cm³/mol. The van der Waals surface area contributed by atoms with Crippen molar-refractivity contribution in [3.8, 4) is 11.5 Å². The number of hydrogen-bond donors (Lipinski definition) is 0.